The number of thiophene rings is 1. The number of nitrogens with zero attached hydrogens (tertiary/aromatic N) is 1. The molecule has 1 atom stereocenters. The molecule has 1 amide bonds. The van der Waals surface area contributed by atoms with Crippen molar-refractivity contribution < 1.29 is 4.79 Å². The van der Waals surface area contributed by atoms with Crippen LogP contribution in [0.1, 0.15) is 30.7 Å². The largest absolute Gasteiger partial charge is 0.358 e. The van der Waals surface area contributed by atoms with Crippen molar-refractivity contribution in [2.75, 3.05) is 26.7 Å². The molecule has 1 aromatic rings. The van der Waals surface area contributed by atoms with Crippen molar-refractivity contribution in [3.63, 3.8) is 0 Å². The van der Waals surface area contributed by atoms with E-state index in [0.717, 1.165) is 30.4 Å². The van der Waals surface area contributed by atoms with Crippen LogP contribution in [0.15, 0.2) is 15.9 Å². The summed E-state index contributed by atoms with van der Waals surface area (Å²) in [5.41, 5.74) is 0. The van der Waals surface area contributed by atoms with E-state index in [1.165, 1.54) is 4.88 Å². The maximum Gasteiger partial charge on any atom is 0.233 e. The van der Waals surface area contributed by atoms with Crippen molar-refractivity contribution in [1.82, 2.24) is 15.5 Å². The predicted octanol–water partition coefficient (Wildman–Crippen LogP) is 2.37. The molecule has 1 saturated heterocycles. The van der Waals surface area contributed by atoms with Crippen LogP contribution >= 0.6 is 27.3 Å². The molecule has 2 N–H and O–H groups in total. The molecule has 2 rings (SSSR count). The SMILES string of the molecule is CNC(=O)CN1CCC(NC(C)c2cc(Br)cs2)CC1. The number of halogens is 1. The van der Waals surface area contributed by atoms with E-state index < -0.39 is 0 Å². The van der Waals surface area contributed by atoms with Gasteiger partial charge in [0.2, 0.25) is 5.91 Å². The molecule has 1 aliphatic rings. The van der Waals surface area contributed by atoms with Gasteiger partial charge in [0.1, 0.15) is 0 Å². The quantitative estimate of drug-likeness (QED) is 0.848. The van der Waals surface area contributed by atoms with Gasteiger partial charge in [-0.25, -0.2) is 0 Å². The van der Waals surface area contributed by atoms with E-state index in [2.05, 4.69) is 49.8 Å². The van der Waals surface area contributed by atoms with Crippen LogP contribution in [0.4, 0.5) is 0 Å². The van der Waals surface area contributed by atoms with Gasteiger partial charge < -0.3 is 10.6 Å². The van der Waals surface area contributed by atoms with E-state index in [1.807, 2.05) is 0 Å². The smallest absolute Gasteiger partial charge is 0.233 e. The standard InChI is InChI=1S/C14H22BrN3OS/c1-10(13-7-11(15)9-20-13)17-12-3-5-18(6-4-12)8-14(19)16-2/h7,9-10,12,17H,3-6,8H2,1-2H3,(H,16,19). The number of carbonyl (C=O) groups excluding carboxylic acids is 1. The first-order valence-electron chi connectivity index (χ1n) is 7.01. The first-order valence-corrected chi connectivity index (χ1v) is 8.68. The summed E-state index contributed by atoms with van der Waals surface area (Å²) in [6.07, 6.45) is 2.21. The number of rotatable bonds is 5. The fourth-order valence-electron chi connectivity index (χ4n) is 2.53. The Bertz CT molecular complexity index is 443. The summed E-state index contributed by atoms with van der Waals surface area (Å²) >= 11 is 5.29. The highest BCUT2D eigenvalue weighted by atomic mass is 79.9. The number of hydrogen-bond donors (Lipinski definition) is 2. The highest BCUT2D eigenvalue weighted by molar-refractivity contribution is 9.10. The molecule has 0 aliphatic carbocycles. The molecule has 0 saturated carbocycles. The predicted molar refractivity (Wildman–Crippen MR) is 87.1 cm³/mol. The average Bonchev–Trinajstić information content (AvgIpc) is 2.87. The lowest BCUT2D eigenvalue weighted by molar-refractivity contribution is -0.122. The number of amides is 1. The van der Waals surface area contributed by atoms with E-state index in [4.69, 9.17) is 0 Å². The van der Waals surface area contributed by atoms with Gasteiger partial charge in [0, 0.05) is 47.0 Å². The number of piperidine rings is 1. The maximum atomic E-state index is 11.4. The lowest BCUT2D eigenvalue weighted by atomic mass is 10.0. The van der Waals surface area contributed by atoms with Crippen molar-refractivity contribution in [3.05, 3.63) is 20.8 Å². The topological polar surface area (TPSA) is 44.4 Å². The van der Waals surface area contributed by atoms with E-state index in [0.29, 0.717) is 18.6 Å². The van der Waals surface area contributed by atoms with Gasteiger partial charge in [0.25, 0.3) is 0 Å². The molecular weight excluding hydrogens is 338 g/mol. The van der Waals surface area contributed by atoms with Crippen molar-refractivity contribution in [2.45, 2.75) is 31.8 Å². The molecule has 1 unspecified atom stereocenters. The summed E-state index contributed by atoms with van der Waals surface area (Å²) in [5, 5.41) is 8.50. The van der Waals surface area contributed by atoms with Gasteiger partial charge in [0.15, 0.2) is 0 Å². The highest BCUT2D eigenvalue weighted by Gasteiger charge is 2.22. The third-order valence-corrected chi connectivity index (χ3v) is 5.61. The van der Waals surface area contributed by atoms with Gasteiger partial charge >= 0.3 is 0 Å². The van der Waals surface area contributed by atoms with E-state index in [1.54, 1.807) is 18.4 Å². The lowest BCUT2D eigenvalue weighted by Crippen LogP contribution is -2.46. The molecule has 1 aliphatic heterocycles. The van der Waals surface area contributed by atoms with Crippen molar-refractivity contribution in [2.24, 2.45) is 0 Å². The molecule has 112 valence electrons. The number of likely N-dealkylation sites (tertiary alicyclic amines) is 1. The van der Waals surface area contributed by atoms with E-state index >= 15 is 0 Å². The van der Waals surface area contributed by atoms with Gasteiger partial charge in [-0.1, -0.05) is 0 Å². The summed E-state index contributed by atoms with van der Waals surface area (Å²) in [6.45, 7) is 4.73. The Kier molecular flexibility index (Phi) is 6.01. The first kappa shape index (κ1) is 15.9. The normalized spacial score (nSPS) is 18.9. The lowest BCUT2D eigenvalue weighted by Gasteiger charge is -2.33. The van der Waals surface area contributed by atoms with E-state index in [-0.39, 0.29) is 5.91 Å². The maximum absolute atomic E-state index is 11.4. The van der Waals surface area contributed by atoms with Gasteiger partial charge in [-0.3, -0.25) is 9.69 Å². The third-order valence-electron chi connectivity index (χ3n) is 3.73. The Balaban J connectivity index is 1.75. The molecule has 20 heavy (non-hydrogen) atoms. The number of carbonyl (C=O) groups is 1. The summed E-state index contributed by atoms with van der Waals surface area (Å²) < 4.78 is 1.16. The van der Waals surface area contributed by atoms with Crippen LogP contribution in [0.2, 0.25) is 0 Å². The molecule has 6 heteroatoms. The Morgan fingerprint density at radius 3 is 2.80 bits per heavy atom. The number of nitrogens with one attached hydrogen (secondary N) is 2. The summed E-state index contributed by atoms with van der Waals surface area (Å²) in [7, 11) is 1.69. The Labute approximate surface area is 133 Å². The monoisotopic (exact) mass is 359 g/mol. The van der Waals surface area contributed by atoms with Crippen molar-refractivity contribution >= 4 is 33.2 Å². The molecule has 2 heterocycles. The fourth-order valence-corrected chi connectivity index (χ4v) is 3.99. The summed E-state index contributed by atoms with van der Waals surface area (Å²) in [5.74, 6) is 0.105. The molecule has 0 bridgehead atoms. The Morgan fingerprint density at radius 2 is 2.25 bits per heavy atom. The zero-order chi connectivity index (χ0) is 14.5. The molecule has 0 spiro atoms. The third kappa shape index (κ3) is 4.55. The van der Waals surface area contributed by atoms with Crippen LogP contribution in [-0.4, -0.2) is 43.5 Å². The molecular formula is C14H22BrN3OS. The van der Waals surface area contributed by atoms with Crippen LogP contribution in [0.5, 0.6) is 0 Å². The van der Waals surface area contributed by atoms with Gasteiger partial charge in [-0.05, 0) is 41.8 Å². The minimum absolute atomic E-state index is 0.105. The molecule has 1 aromatic heterocycles. The number of hydrogen-bond acceptors (Lipinski definition) is 4. The van der Waals surface area contributed by atoms with Crippen molar-refractivity contribution in [1.29, 1.82) is 0 Å². The first-order chi connectivity index (χ1) is 9.58. The van der Waals surface area contributed by atoms with Crippen LogP contribution in [-0.2, 0) is 4.79 Å². The van der Waals surface area contributed by atoms with Gasteiger partial charge in [0.05, 0.1) is 6.54 Å². The van der Waals surface area contributed by atoms with Crippen LogP contribution in [0.3, 0.4) is 0 Å². The Hall–Kier alpha value is -0.430. The zero-order valence-corrected chi connectivity index (χ0v) is 14.4. The molecule has 0 aromatic carbocycles. The second-order valence-corrected chi connectivity index (χ2v) is 7.14. The molecule has 4 nitrogen and oxygen atoms in total. The molecule has 0 radical (unpaired) electrons. The zero-order valence-electron chi connectivity index (χ0n) is 12.0. The van der Waals surface area contributed by atoms with E-state index in [9.17, 15) is 4.79 Å². The van der Waals surface area contributed by atoms with Crippen LogP contribution in [0, 0.1) is 0 Å². The van der Waals surface area contributed by atoms with Gasteiger partial charge in [-0.2, -0.15) is 0 Å². The second kappa shape index (κ2) is 7.54. The van der Waals surface area contributed by atoms with Crippen LogP contribution in [0.25, 0.3) is 0 Å². The molecule has 1 fully saturated rings. The fraction of sp³-hybridized carbons (Fsp3) is 0.643. The van der Waals surface area contributed by atoms with Crippen LogP contribution < -0.4 is 10.6 Å². The summed E-state index contributed by atoms with van der Waals surface area (Å²) in [6, 6.07) is 3.12. The highest BCUT2D eigenvalue weighted by Crippen LogP contribution is 2.26. The summed E-state index contributed by atoms with van der Waals surface area (Å²) in [4.78, 5) is 14.9. The van der Waals surface area contributed by atoms with Crippen molar-refractivity contribution in [3.8, 4) is 0 Å². The second-order valence-electron chi connectivity index (χ2n) is 5.28. The van der Waals surface area contributed by atoms with Gasteiger partial charge in [-0.15, -0.1) is 11.3 Å². The number of likely N-dealkylation sites (N-methyl/N-ethyl adjacent to an activating group) is 1. The minimum atomic E-state index is 0.105. The Morgan fingerprint density at radius 1 is 1.55 bits per heavy atom. The minimum Gasteiger partial charge on any atom is -0.358 e. The average molecular weight is 360 g/mol.